The number of benzene rings is 1. The molecule has 2 aromatic rings. The Morgan fingerprint density at radius 2 is 1.72 bits per heavy atom. The van der Waals surface area contributed by atoms with Gasteiger partial charge in [-0.15, -0.1) is 0 Å². The number of hydrogen-bond donors (Lipinski definition) is 0. The minimum absolute atomic E-state index is 0.517. The maximum absolute atomic E-state index is 4.82. The van der Waals surface area contributed by atoms with Crippen LogP contribution in [0.3, 0.4) is 0 Å². The molecule has 1 aromatic heterocycles. The van der Waals surface area contributed by atoms with Crippen LogP contribution >= 0.6 is 0 Å². The predicted octanol–water partition coefficient (Wildman–Crippen LogP) is 4.45. The molecule has 25 heavy (non-hydrogen) atoms. The minimum Gasteiger partial charge on any atom is -0.292 e. The number of nitrogens with zero attached hydrogens (tertiary/aromatic N) is 4. The van der Waals surface area contributed by atoms with Gasteiger partial charge in [-0.3, -0.25) is 9.69 Å². The molecule has 0 radical (unpaired) electrons. The highest BCUT2D eigenvalue weighted by Gasteiger charge is 2.23. The fraction of sp³-hybridized carbons (Fsp3) is 0.524. The summed E-state index contributed by atoms with van der Waals surface area (Å²) in [6, 6.07) is 9.70. The van der Waals surface area contributed by atoms with E-state index in [0.717, 1.165) is 17.8 Å². The Bertz CT molecular complexity index is 732. The summed E-state index contributed by atoms with van der Waals surface area (Å²) in [6.45, 7) is 11.7. The van der Waals surface area contributed by atoms with E-state index in [2.05, 4.69) is 68.6 Å². The third-order valence-corrected chi connectivity index (χ3v) is 5.36. The van der Waals surface area contributed by atoms with Crippen molar-refractivity contribution in [1.82, 2.24) is 14.8 Å². The zero-order valence-electron chi connectivity index (χ0n) is 16.2. The zero-order chi connectivity index (χ0) is 18.0. The molecule has 0 bridgehead atoms. The molecule has 134 valence electrons. The third kappa shape index (κ3) is 3.94. The van der Waals surface area contributed by atoms with Crippen molar-refractivity contribution in [1.29, 1.82) is 0 Å². The van der Waals surface area contributed by atoms with E-state index in [1.165, 1.54) is 36.1 Å². The lowest BCUT2D eigenvalue weighted by atomic mass is 10.00. The Balaban J connectivity index is 1.79. The van der Waals surface area contributed by atoms with E-state index in [1.807, 2.05) is 6.21 Å². The molecule has 0 saturated carbocycles. The van der Waals surface area contributed by atoms with Crippen LogP contribution in [0.2, 0.25) is 0 Å². The Labute approximate surface area is 151 Å². The van der Waals surface area contributed by atoms with E-state index in [0.29, 0.717) is 12.1 Å². The first kappa shape index (κ1) is 17.7. The molecule has 1 aromatic carbocycles. The molecule has 0 N–H and O–H groups in total. The lowest BCUT2D eigenvalue weighted by Crippen LogP contribution is -2.39. The number of aromatic nitrogens is 2. The fourth-order valence-corrected chi connectivity index (χ4v) is 3.68. The summed E-state index contributed by atoms with van der Waals surface area (Å²) in [5.41, 5.74) is 5.94. The smallest absolute Gasteiger partial charge is 0.0685 e. The van der Waals surface area contributed by atoms with E-state index in [1.54, 1.807) is 0 Å². The second-order valence-corrected chi connectivity index (χ2v) is 7.48. The van der Waals surface area contributed by atoms with Gasteiger partial charge in [0.1, 0.15) is 0 Å². The molecule has 1 aliphatic heterocycles. The number of hydrazone groups is 1. The van der Waals surface area contributed by atoms with Crippen molar-refractivity contribution < 1.29 is 0 Å². The molecule has 1 fully saturated rings. The lowest BCUT2D eigenvalue weighted by molar-refractivity contribution is 0.109. The van der Waals surface area contributed by atoms with Gasteiger partial charge in [0.2, 0.25) is 0 Å². The minimum atomic E-state index is 0.517. The Hall–Kier alpha value is -2.10. The van der Waals surface area contributed by atoms with Crippen molar-refractivity contribution in [3.63, 3.8) is 0 Å². The summed E-state index contributed by atoms with van der Waals surface area (Å²) in [6.07, 6.45) is 5.78. The molecule has 0 spiro atoms. The molecule has 4 nitrogen and oxygen atoms in total. The van der Waals surface area contributed by atoms with E-state index < -0.39 is 0 Å². The van der Waals surface area contributed by atoms with E-state index >= 15 is 0 Å². The van der Waals surface area contributed by atoms with Crippen LogP contribution in [0, 0.1) is 20.8 Å². The van der Waals surface area contributed by atoms with Gasteiger partial charge >= 0.3 is 0 Å². The molecular weight excluding hydrogens is 308 g/mol. The van der Waals surface area contributed by atoms with Crippen LogP contribution in [0.15, 0.2) is 29.4 Å². The van der Waals surface area contributed by atoms with Crippen molar-refractivity contribution in [2.45, 2.75) is 72.5 Å². The van der Waals surface area contributed by atoms with Gasteiger partial charge in [-0.1, -0.05) is 29.8 Å². The van der Waals surface area contributed by atoms with Crippen molar-refractivity contribution in [2.24, 2.45) is 5.10 Å². The first-order chi connectivity index (χ1) is 12.0. The van der Waals surface area contributed by atoms with Crippen LogP contribution in [0.5, 0.6) is 0 Å². The Morgan fingerprint density at radius 1 is 1.08 bits per heavy atom. The SMILES string of the molecule is Cc1ccc(Cn2nc(C)c(C=NN3[C@H](C)CCC[C@@H]3C)c2C)cc1. The molecule has 0 amide bonds. The number of rotatable bonds is 4. The molecule has 4 heteroatoms. The molecular formula is C21H30N4. The average molecular weight is 338 g/mol. The molecule has 0 aliphatic carbocycles. The zero-order valence-corrected chi connectivity index (χ0v) is 16.2. The maximum Gasteiger partial charge on any atom is 0.0685 e. The van der Waals surface area contributed by atoms with Gasteiger partial charge in [0.15, 0.2) is 0 Å². The highest BCUT2D eigenvalue weighted by Crippen LogP contribution is 2.23. The van der Waals surface area contributed by atoms with Crippen molar-refractivity contribution in [2.75, 3.05) is 0 Å². The third-order valence-electron chi connectivity index (χ3n) is 5.36. The van der Waals surface area contributed by atoms with Crippen LogP contribution in [-0.4, -0.2) is 33.1 Å². The normalized spacial score (nSPS) is 21.2. The second kappa shape index (κ2) is 7.42. The standard InChI is InChI=1S/C21H30N4/c1-15-9-11-20(12-10-15)14-24-19(5)21(18(4)23-24)13-22-25-16(2)7-6-8-17(25)3/h9-13,16-17H,6-8,14H2,1-5H3/t16-,17+. The lowest BCUT2D eigenvalue weighted by Gasteiger charge is -2.36. The van der Waals surface area contributed by atoms with Crippen LogP contribution in [-0.2, 0) is 6.54 Å². The van der Waals surface area contributed by atoms with Gasteiger partial charge < -0.3 is 0 Å². The van der Waals surface area contributed by atoms with E-state index in [4.69, 9.17) is 10.2 Å². The topological polar surface area (TPSA) is 33.4 Å². The average Bonchev–Trinajstić information content (AvgIpc) is 2.83. The molecule has 1 aliphatic rings. The predicted molar refractivity (Wildman–Crippen MR) is 104 cm³/mol. The van der Waals surface area contributed by atoms with Crippen molar-refractivity contribution >= 4 is 6.21 Å². The Morgan fingerprint density at radius 3 is 2.36 bits per heavy atom. The number of piperidine rings is 1. The van der Waals surface area contributed by atoms with E-state index in [-0.39, 0.29) is 0 Å². The van der Waals surface area contributed by atoms with Gasteiger partial charge in [0.05, 0.1) is 18.5 Å². The van der Waals surface area contributed by atoms with Crippen LogP contribution in [0.4, 0.5) is 0 Å². The second-order valence-electron chi connectivity index (χ2n) is 7.48. The number of hydrogen-bond acceptors (Lipinski definition) is 3. The van der Waals surface area contributed by atoms with Crippen molar-refractivity contribution in [3.05, 3.63) is 52.3 Å². The first-order valence-electron chi connectivity index (χ1n) is 9.37. The largest absolute Gasteiger partial charge is 0.292 e. The monoisotopic (exact) mass is 338 g/mol. The molecule has 0 unspecified atom stereocenters. The Kier molecular flexibility index (Phi) is 5.26. The first-order valence-corrected chi connectivity index (χ1v) is 9.37. The summed E-state index contributed by atoms with van der Waals surface area (Å²) in [7, 11) is 0. The quantitative estimate of drug-likeness (QED) is 0.772. The summed E-state index contributed by atoms with van der Waals surface area (Å²) in [4.78, 5) is 0. The molecule has 2 heterocycles. The van der Waals surface area contributed by atoms with Gasteiger partial charge in [0.25, 0.3) is 0 Å². The van der Waals surface area contributed by atoms with Gasteiger partial charge in [-0.05, 0) is 59.4 Å². The summed E-state index contributed by atoms with van der Waals surface area (Å²) < 4.78 is 2.09. The molecule has 1 saturated heterocycles. The van der Waals surface area contributed by atoms with E-state index in [9.17, 15) is 0 Å². The van der Waals surface area contributed by atoms with Gasteiger partial charge in [-0.2, -0.15) is 10.2 Å². The van der Waals surface area contributed by atoms with Crippen LogP contribution in [0.1, 0.15) is 61.2 Å². The summed E-state index contributed by atoms with van der Waals surface area (Å²) in [5.74, 6) is 0. The fourth-order valence-electron chi connectivity index (χ4n) is 3.68. The van der Waals surface area contributed by atoms with Crippen molar-refractivity contribution in [3.8, 4) is 0 Å². The molecule has 3 rings (SSSR count). The maximum atomic E-state index is 4.82. The number of aryl methyl sites for hydroxylation is 2. The summed E-state index contributed by atoms with van der Waals surface area (Å²) in [5, 5.41) is 11.8. The highest BCUT2D eigenvalue weighted by molar-refractivity contribution is 5.82. The molecule has 2 atom stereocenters. The van der Waals surface area contributed by atoms with Gasteiger partial charge in [0, 0.05) is 23.3 Å². The summed E-state index contributed by atoms with van der Waals surface area (Å²) >= 11 is 0. The van der Waals surface area contributed by atoms with Gasteiger partial charge in [-0.25, -0.2) is 0 Å². The van der Waals surface area contributed by atoms with Crippen LogP contribution < -0.4 is 0 Å². The highest BCUT2D eigenvalue weighted by atomic mass is 15.5. The van der Waals surface area contributed by atoms with Crippen LogP contribution in [0.25, 0.3) is 0 Å².